The summed E-state index contributed by atoms with van der Waals surface area (Å²) in [6.45, 7) is 0. The van der Waals surface area contributed by atoms with Crippen molar-refractivity contribution in [2.75, 3.05) is 5.32 Å². The van der Waals surface area contributed by atoms with E-state index in [1.165, 1.54) is 0 Å². The van der Waals surface area contributed by atoms with Gasteiger partial charge < -0.3 is 24.9 Å². The highest BCUT2D eigenvalue weighted by atomic mass is 31.2. The Balaban J connectivity index is 3.02. The summed E-state index contributed by atoms with van der Waals surface area (Å²) in [6.07, 6.45) is 0.777. The summed E-state index contributed by atoms with van der Waals surface area (Å²) in [5.74, 6) is -0.317. The summed E-state index contributed by atoms with van der Waals surface area (Å²) < 4.78 is 21.9. The molecule has 106 valence electrons. The number of rotatable bonds is 5. The zero-order valence-corrected chi connectivity index (χ0v) is 10.8. The maximum absolute atomic E-state index is 11.0. The Bertz CT molecular complexity index is 540. The average Bonchev–Trinajstić information content (AvgIpc) is 2.23. The molecule has 0 aliphatic rings. The number of anilines is 1. The summed E-state index contributed by atoms with van der Waals surface area (Å²) >= 11 is 0. The van der Waals surface area contributed by atoms with Gasteiger partial charge in [0.05, 0.1) is 4.92 Å². The van der Waals surface area contributed by atoms with Gasteiger partial charge in [-0.3, -0.25) is 19.2 Å². The first-order valence-corrected chi connectivity index (χ1v) is 7.85. The predicted octanol–water partition coefficient (Wildman–Crippen LogP) is 0.0407. The van der Waals surface area contributed by atoms with Crippen molar-refractivity contribution in [3.63, 3.8) is 0 Å². The molecule has 0 aromatic carbocycles. The molecule has 0 unspecified atom stereocenters. The first kappa shape index (κ1) is 15.7. The van der Waals surface area contributed by atoms with Crippen molar-refractivity contribution >= 4 is 26.7 Å². The molecule has 5 N–H and O–H groups in total. The van der Waals surface area contributed by atoms with Gasteiger partial charge in [0.1, 0.15) is 12.0 Å². The van der Waals surface area contributed by atoms with E-state index < -0.39 is 25.6 Å². The van der Waals surface area contributed by atoms with Crippen LogP contribution >= 0.6 is 15.2 Å². The molecule has 0 saturated heterocycles. The predicted molar refractivity (Wildman–Crippen MR) is 62.4 cm³/mol. The molecule has 0 bridgehead atoms. The minimum absolute atomic E-state index is 0.317. The lowest BCUT2D eigenvalue weighted by atomic mass is 10.4. The van der Waals surface area contributed by atoms with E-state index in [0.29, 0.717) is 0 Å². The third-order valence-corrected chi connectivity index (χ3v) is 5.21. The molecule has 0 spiro atoms. The Kier molecular flexibility index (Phi) is 4.41. The Hall–Kier alpha value is -1.35. The van der Waals surface area contributed by atoms with Crippen molar-refractivity contribution in [1.29, 1.82) is 0 Å². The zero-order valence-electron chi connectivity index (χ0n) is 9.02. The fourth-order valence-electron chi connectivity index (χ4n) is 1.08. The standard InChI is InChI=1S/C6H9N3O8P2/c10-9(11)4-1-2-5(7-3-4)8-6(18(12,13)14)19(15,16)17/h1-3,6H,(H,7,8)(H2,12,13,14)(H2,15,16,17). The van der Waals surface area contributed by atoms with Crippen LogP contribution in [0.2, 0.25) is 0 Å². The third-order valence-electron chi connectivity index (χ3n) is 1.87. The second-order valence-electron chi connectivity index (χ2n) is 3.35. The van der Waals surface area contributed by atoms with Gasteiger partial charge in [0.2, 0.25) is 5.52 Å². The summed E-state index contributed by atoms with van der Waals surface area (Å²) in [4.78, 5) is 48.4. The molecule has 0 radical (unpaired) electrons. The Labute approximate surface area is 105 Å². The normalized spacial score (nSPS) is 12.5. The molecule has 0 saturated carbocycles. The van der Waals surface area contributed by atoms with Crippen LogP contribution in [0.4, 0.5) is 11.5 Å². The van der Waals surface area contributed by atoms with Crippen LogP contribution in [0.15, 0.2) is 18.3 Å². The van der Waals surface area contributed by atoms with Gasteiger partial charge in [-0.1, -0.05) is 0 Å². The fraction of sp³-hybridized carbons (Fsp3) is 0.167. The minimum atomic E-state index is -5.14. The van der Waals surface area contributed by atoms with Crippen LogP contribution in [-0.4, -0.2) is 35.0 Å². The van der Waals surface area contributed by atoms with E-state index in [1.807, 2.05) is 5.32 Å². The molecule has 0 aliphatic heterocycles. The van der Waals surface area contributed by atoms with E-state index >= 15 is 0 Å². The minimum Gasteiger partial charge on any atom is -0.346 e. The summed E-state index contributed by atoms with van der Waals surface area (Å²) in [5, 5.41) is 12.2. The molecule has 0 fully saturated rings. The first-order valence-electron chi connectivity index (χ1n) is 4.49. The number of nitro groups is 1. The highest BCUT2D eigenvalue weighted by Gasteiger charge is 2.43. The summed E-state index contributed by atoms with van der Waals surface area (Å²) in [6, 6.07) is 1.93. The van der Waals surface area contributed by atoms with Gasteiger partial charge in [-0.05, 0) is 6.07 Å². The van der Waals surface area contributed by atoms with Gasteiger partial charge in [-0.2, -0.15) is 0 Å². The maximum atomic E-state index is 11.0. The monoisotopic (exact) mass is 313 g/mol. The van der Waals surface area contributed by atoms with Crippen molar-refractivity contribution in [3.8, 4) is 0 Å². The van der Waals surface area contributed by atoms with Crippen molar-refractivity contribution in [3.05, 3.63) is 28.4 Å². The van der Waals surface area contributed by atoms with E-state index in [1.54, 1.807) is 0 Å². The molecule has 0 amide bonds. The van der Waals surface area contributed by atoms with Gasteiger partial charge in [-0.25, -0.2) is 4.98 Å². The number of pyridine rings is 1. The molecule has 1 aromatic rings. The van der Waals surface area contributed by atoms with Gasteiger partial charge in [-0.15, -0.1) is 0 Å². The highest BCUT2D eigenvalue weighted by Crippen LogP contribution is 2.59. The lowest BCUT2D eigenvalue weighted by Crippen LogP contribution is -2.20. The van der Waals surface area contributed by atoms with Crippen LogP contribution in [-0.2, 0) is 9.13 Å². The number of hydrogen-bond donors (Lipinski definition) is 5. The van der Waals surface area contributed by atoms with Crippen molar-refractivity contribution in [2.45, 2.75) is 5.52 Å². The molecule has 1 rings (SSSR count). The molecule has 1 aromatic heterocycles. The van der Waals surface area contributed by atoms with Crippen molar-refractivity contribution in [1.82, 2.24) is 4.98 Å². The Morgan fingerprint density at radius 3 is 2.05 bits per heavy atom. The second kappa shape index (κ2) is 5.33. The Morgan fingerprint density at radius 2 is 1.74 bits per heavy atom. The lowest BCUT2D eigenvalue weighted by molar-refractivity contribution is -0.385. The van der Waals surface area contributed by atoms with E-state index in [0.717, 1.165) is 18.3 Å². The molecular formula is C6H9N3O8P2. The van der Waals surface area contributed by atoms with Crippen LogP contribution in [0.25, 0.3) is 0 Å². The van der Waals surface area contributed by atoms with E-state index in [9.17, 15) is 19.2 Å². The summed E-state index contributed by atoms with van der Waals surface area (Å²) in [7, 11) is -10.3. The van der Waals surface area contributed by atoms with Gasteiger partial charge in [0.15, 0.2) is 0 Å². The quantitative estimate of drug-likeness (QED) is 0.282. The maximum Gasteiger partial charge on any atom is 0.360 e. The van der Waals surface area contributed by atoms with Crippen LogP contribution in [0.5, 0.6) is 0 Å². The fourth-order valence-corrected chi connectivity index (χ4v) is 3.24. The molecule has 1 heterocycles. The van der Waals surface area contributed by atoms with Crippen molar-refractivity contribution in [2.24, 2.45) is 0 Å². The molecular weight excluding hydrogens is 304 g/mol. The average molecular weight is 313 g/mol. The van der Waals surface area contributed by atoms with E-state index in [-0.39, 0.29) is 11.5 Å². The molecule has 0 aliphatic carbocycles. The first-order chi connectivity index (χ1) is 8.51. The van der Waals surface area contributed by atoms with Crippen LogP contribution in [0.1, 0.15) is 0 Å². The molecule has 19 heavy (non-hydrogen) atoms. The van der Waals surface area contributed by atoms with Gasteiger partial charge in [0, 0.05) is 6.07 Å². The molecule has 13 heteroatoms. The van der Waals surface area contributed by atoms with E-state index in [4.69, 9.17) is 19.6 Å². The van der Waals surface area contributed by atoms with Gasteiger partial charge >= 0.3 is 15.2 Å². The second-order valence-corrected chi connectivity index (χ2v) is 7.15. The topological polar surface area (TPSA) is 183 Å². The van der Waals surface area contributed by atoms with Crippen molar-refractivity contribution < 1.29 is 33.6 Å². The van der Waals surface area contributed by atoms with Gasteiger partial charge in [0.25, 0.3) is 5.69 Å². The summed E-state index contributed by atoms with van der Waals surface area (Å²) in [5.41, 5.74) is -2.84. The number of hydrogen-bond acceptors (Lipinski definition) is 6. The third kappa shape index (κ3) is 4.35. The largest absolute Gasteiger partial charge is 0.360 e. The molecule has 0 atom stereocenters. The SMILES string of the molecule is O=[N+]([O-])c1ccc(NC(P(=O)(O)O)P(=O)(O)O)nc1. The Morgan fingerprint density at radius 1 is 1.21 bits per heavy atom. The smallest absolute Gasteiger partial charge is 0.346 e. The van der Waals surface area contributed by atoms with Crippen LogP contribution in [0, 0.1) is 10.1 Å². The number of aromatic nitrogens is 1. The molecule has 11 nitrogen and oxygen atoms in total. The van der Waals surface area contributed by atoms with Crippen LogP contribution < -0.4 is 5.32 Å². The lowest BCUT2D eigenvalue weighted by Gasteiger charge is -2.20. The van der Waals surface area contributed by atoms with E-state index in [2.05, 4.69) is 4.98 Å². The van der Waals surface area contributed by atoms with Crippen LogP contribution in [0.3, 0.4) is 0 Å². The number of nitrogens with one attached hydrogen (secondary N) is 1. The highest BCUT2D eigenvalue weighted by molar-refractivity contribution is 7.71. The zero-order chi connectivity index (χ0) is 14.8. The number of nitrogens with zero attached hydrogens (tertiary/aromatic N) is 2.